The smallest absolute Gasteiger partial charge is 0.161 e. The van der Waals surface area contributed by atoms with Gasteiger partial charge in [-0.1, -0.05) is 0 Å². The highest BCUT2D eigenvalue weighted by Crippen LogP contribution is 2.39. The van der Waals surface area contributed by atoms with Crippen LogP contribution in [0.4, 0.5) is 0 Å². The van der Waals surface area contributed by atoms with Gasteiger partial charge in [0.15, 0.2) is 5.78 Å². The van der Waals surface area contributed by atoms with E-state index in [1.54, 1.807) is 6.26 Å². The Balaban J connectivity index is 2.91. The first-order chi connectivity index (χ1) is 5.13. The maximum absolute atomic E-state index is 11.4. The second-order valence-corrected chi connectivity index (χ2v) is 5.66. The Kier molecular flexibility index (Phi) is 2.75. The van der Waals surface area contributed by atoms with Gasteiger partial charge < -0.3 is 0 Å². The third-order valence-electron chi connectivity index (χ3n) is 2.13. The van der Waals surface area contributed by atoms with Crippen molar-refractivity contribution in [2.24, 2.45) is 0 Å². The number of carbonyl (C=O) groups excluding carboxylic acids is 1. The third kappa shape index (κ3) is 1.38. The topological polar surface area (TPSA) is 34.1 Å². The maximum Gasteiger partial charge on any atom is 0.161 e. The van der Waals surface area contributed by atoms with Crippen LogP contribution in [0.2, 0.25) is 0 Å². The molecular formula is C7H12O2S2. The molecule has 11 heavy (non-hydrogen) atoms. The van der Waals surface area contributed by atoms with Gasteiger partial charge in [0, 0.05) is 23.5 Å². The lowest BCUT2D eigenvalue weighted by molar-refractivity contribution is -0.117. The molecule has 1 saturated carbocycles. The standard InChI is InChI=1S/C7H12O2S2/c1-10-7(11(2)9)5-3-4-6(7)8/h3-5H2,1-2H3/t7-,11-/m0/s1. The van der Waals surface area contributed by atoms with Crippen LogP contribution >= 0.6 is 11.8 Å². The normalized spacial score (nSPS) is 34.2. The van der Waals surface area contributed by atoms with Gasteiger partial charge in [0.1, 0.15) is 4.08 Å². The Morgan fingerprint density at radius 1 is 1.64 bits per heavy atom. The van der Waals surface area contributed by atoms with Crippen molar-refractivity contribution in [2.45, 2.75) is 23.3 Å². The van der Waals surface area contributed by atoms with Gasteiger partial charge in [0.2, 0.25) is 0 Å². The van der Waals surface area contributed by atoms with Gasteiger partial charge in [0.05, 0.1) is 0 Å². The molecule has 0 radical (unpaired) electrons. The lowest BCUT2D eigenvalue weighted by Gasteiger charge is -2.21. The number of thioether (sulfide) groups is 1. The average molecular weight is 192 g/mol. The minimum absolute atomic E-state index is 0.172. The average Bonchev–Trinajstić information content (AvgIpc) is 2.32. The van der Waals surface area contributed by atoms with Crippen LogP contribution in [0.25, 0.3) is 0 Å². The summed E-state index contributed by atoms with van der Waals surface area (Å²) in [5.74, 6) is 0.172. The predicted octanol–water partition coefficient (Wildman–Crippen LogP) is 1.18. The van der Waals surface area contributed by atoms with E-state index in [0.29, 0.717) is 6.42 Å². The van der Waals surface area contributed by atoms with E-state index in [-0.39, 0.29) is 5.78 Å². The van der Waals surface area contributed by atoms with Gasteiger partial charge in [-0.3, -0.25) is 9.00 Å². The Morgan fingerprint density at radius 2 is 2.27 bits per heavy atom. The van der Waals surface area contributed by atoms with Crippen molar-refractivity contribution in [3.63, 3.8) is 0 Å². The van der Waals surface area contributed by atoms with E-state index >= 15 is 0 Å². The van der Waals surface area contributed by atoms with Crippen molar-refractivity contribution >= 4 is 28.3 Å². The van der Waals surface area contributed by atoms with E-state index in [2.05, 4.69) is 0 Å². The molecule has 1 aliphatic carbocycles. The highest BCUT2D eigenvalue weighted by molar-refractivity contribution is 8.13. The summed E-state index contributed by atoms with van der Waals surface area (Å²) >= 11 is 1.45. The van der Waals surface area contributed by atoms with Crippen molar-refractivity contribution in [3.05, 3.63) is 0 Å². The van der Waals surface area contributed by atoms with E-state index in [9.17, 15) is 9.00 Å². The van der Waals surface area contributed by atoms with E-state index in [4.69, 9.17) is 0 Å². The van der Waals surface area contributed by atoms with Crippen molar-refractivity contribution in [1.29, 1.82) is 0 Å². The molecule has 0 heterocycles. The lowest BCUT2D eigenvalue weighted by atomic mass is 10.3. The first-order valence-corrected chi connectivity index (χ1v) is 6.34. The predicted molar refractivity (Wildman–Crippen MR) is 49.2 cm³/mol. The number of hydrogen-bond donors (Lipinski definition) is 0. The van der Waals surface area contributed by atoms with Crippen LogP contribution in [0.5, 0.6) is 0 Å². The first-order valence-electron chi connectivity index (χ1n) is 3.55. The van der Waals surface area contributed by atoms with E-state index < -0.39 is 14.9 Å². The van der Waals surface area contributed by atoms with Crippen molar-refractivity contribution < 1.29 is 9.00 Å². The number of Topliss-reactive ketones (excluding diaryl/α,β-unsaturated/α-hetero) is 1. The summed E-state index contributed by atoms with van der Waals surface area (Å²) in [6.45, 7) is 0. The fourth-order valence-corrected chi connectivity index (χ4v) is 3.92. The minimum Gasteiger partial charge on any atom is -0.297 e. The molecule has 0 unspecified atom stereocenters. The molecule has 0 aliphatic heterocycles. The summed E-state index contributed by atoms with van der Waals surface area (Å²) in [7, 11) is -1.02. The quantitative estimate of drug-likeness (QED) is 0.659. The van der Waals surface area contributed by atoms with E-state index in [1.807, 2.05) is 6.26 Å². The van der Waals surface area contributed by atoms with Crippen molar-refractivity contribution in [3.8, 4) is 0 Å². The summed E-state index contributed by atoms with van der Waals surface area (Å²) in [5.41, 5.74) is 0. The minimum atomic E-state index is -1.02. The lowest BCUT2D eigenvalue weighted by Crippen LogP contribution is -2.33. The Morgan fingerprint density at radius 3 is 2.45 bits per heavy atom. The maximum atomic E-state index is 11.4. The summed E-state index contributed by atoms with van der Waals surface area (Å²) in [5, 5.41) is 0. The molecule has 0 aromatic rings. The van der Waals surface area contributed by atoms with Gasteiger partial charge in [-0.2, -0.15) is 0 Å². The molecule has 1 rings (SSSR count). The largest absolute Gasteiger partial charge is 0.297 e. The molecule has 4 heteroatoms. The van der Waals surface area contributed by atoms with Crippen LogP contribution in [-0.4, -0.2) is 26.6 Å². The molecule has 64 valence electrons. The zero-order chi connectivity index (χ0) is 8.48. The van der Waals surface area contributed by atoms with Gasteiger partial charge in [-0.25, -0.2) is 0 Å². The monoisotopic (exact) mass is 192 g/mol. The van der Waals surface area contributed by atoms with Crippen LogP contribution in [-0.2, 0) is 15.6 Å². The highest BCUT2D eigenvalue weighted by Gasteiger charge is 2.44. The van der Waals surface area contributed by atoms with E-state index in [1.165, 1.54) is 11.8 Å². The summed E-state index contributed by atoms with van der Waals surface area (Å²) in [6, 6.07) is 0. The van der Waals surface area contributed by atoms with Crippen LogP contribution < -0.4 is 0 Å². The highest BCUT2D eigenvalue weighted by atomic mass is 32.2. The molecule has 2 nitrogen and oxygen atoms in total. The SMILES string of the molecule is CS[C@]1([S@](C)=O)CCCC1=O. The molecule has 0 spiro atoms. The zero-order valence-electron chi connectivity index (χ0n) is 6.75. The second-order valence-electron chi connectivity index (χ2n) is 2.69. The van der Waals surface area contributed by atoms with Gasteiger partial charge in [-0.05, 0) is 19.1 Å². The Bertz CT molecular complexity index is 203. The molecule has 0 bridgehead atoms. The van der Waals surface area contributed by atoms with Crippen LogP contribution in [0, 0.1) is 0 Å². The number of rotatable bonds is 2. The molecule has 0 amide bonds. The van der Waals surface area contributed by atoms with Crippen molar-refractivity contribution in [2.75, 3.05) is 12.5 Å². The molecule has 0 N–H and O–H groups in total. The van der Waals surface area contributed by atoms with Crippen molar-refractivity contribution in [1.82, 2.24) is 0 Å². The number of carbonyl (C=O) groups is 1. The number of hydrogen-bond acceptors (Lipinski definition) is 3. The fraction of sp³-hybridized carbons (Fsp3) is 0.857. The molecule has 0 aromatic carbocycles. The molecular weight excluding hydrogens is 180 g/mol. The molecule has 0 aromatic heterocycles. The van der Waals surface area contributed by atoms with Gasteiger partial charge >= 0.3 is 0 Å². The molecule has 1 aliphatic rings. The van der Waals surface area contributed by atoms with Crippen LogP contribution in [0.1, 0.15) is 19.3 Å². The molecule has 1 fully saturated rings. The summed E-state index contributed by atoms with van der Waals surface area (Å²) in [4.78, 5) is 11.4. The third-order valence-corrected chi connectivity index (χ3v) is 5.78. The first kappa shape index (κ1) is 9.26. The Labute approximate surface area is 73.6 Å². The van der Waals surface area contributed by atoms with Gasteiger partial charge in [-0.15, -0.1) is 11.8 Å². The van der Waals surface area contributed by atoms with Gasteiger partial charge in [0.25, 0.3) is 0 Å². The second kappa shape index (κ2) is 3.27. The van der Waals surface area contributed by atoms with Crippen LogP contribution in [0.3, 0.4) is 0 Å². The number of ketones is 1. The van der Waals surface area contributed by atoms with Crippen LogP contribution in [0.15, 0.2) is 0 Å². The fourth-order valence-electron chi connectivity index (χ4n) is 1.45. The summed E-state index contributed by atoms with van der Waals surface area (Å²) < 4.78 is 10.7. The molecule has 0 saturated heterocycles. The Hall–Kier alpha value is 0.170. The summed E-state index contributed by atoms with van der Waals surface area (Å²) in [6.07, 6.45) is 5.79. The molecule has 2 atom stereocenters. The zero-order valence-corrected chi connectivity index (χ0v) is 8.39. The van der Waals surface area contributed by atoms with E-state index in [0.717, 1.165) is 12.8 Å².